The van der Waals surface area contributed by atoms with Gasteiger partial charge >= 0.3 is 0 Å². The first kappa shape index (κ1) is 34.1. The Morgan fingerprint density at radius 2 is 1.34 bits per heavy atom. The van der Waals surface area contributed by atoms with Crippen LogP contribution in [0.3, 0.4) is 0 Å². The lowest BCUT2D eigenvalue weighted by Gasteiger charge is -2.20. The molecule has 0 heteroatoms. The van der Waals surface area contributed by atoms with E-state index in [2.05, 4.69) is 177 Å². The molecule has 0 spiro atoms. The zero-order valence-electron chi connectivity index (χ0n) is 31.1. The number of fused-ring (bicyclic) bond motifs is 4. The van der Waals surface area contributed by atoms with E-state index in [0.717, 1.165) is 19.3 Å². The summed E-state index contributed by atoms with van der Waals surface area (Å²) in [5.74, 6) is 0.423. The van der Waals surface area contributed by atoms with Gasteiger partial charge in [-0.05, 0) is 120 Å². The van der Waals surface area contributed by atoms with Crippen molar-refractivity contribution in [3.63, 3.8) is 0 Å². The monoisotopic (exact) mass is 682 g/mol. The molecule has 0 nitrogen and oxygen atoms in total. The van der Waals surface area contributed by atoms with E-state index in [0.29, 0.717) is 5.92 Å². The molecule has 2 aliphatic carbocycles. The maximum atomic E-state index is 4.19. The fraction of sp³-hybridized carbons (Fsp3) is 0.132. The third-order valence-electron chi connectivity index (χ3n) is 10.9. The average molecular weight is 683 g/mol. The van der Waals surface area contributed by atoms with E-state index in [-0.39, 0.29) is 0 Å². The number of rotatable bonds is 8. The van der Waals surface area contributed by atoms with Gasteiger partial charge in [0.2, 0.25) is 0 Å². The second-order valence-electron chi connectivity index (χ2n) is 13.8. The Hall–Kier alpha value is -5.98. The summed E-state index contributed by atoms with van der Waals surface area (Å²) in [4.78, 5) is 0. The highest BCUT2D eigenvalue weighted by Gasteiger charge is 2.34. The Morgan fingerprint density at radius 1 is 0.679 bits per heavy atom. The van der Waals surface area contributed by atoms with Gasteiger partial charge in [-0.2, -0.15) is 0 Å². The van der Waals surface area contributed by atoms with Crippen LogP contribution in [-0.4, -0.2) is 0 Å². The quantitative estimate of drug-likeness (QED) is 0.111. The van der Waals surface area contributed by atoms with E-state index in [1.807, 2.05) is 19.9 Å². The van der Waals surface area contributed by atoms with Crippen molar-refractivity contribution in [2.75, 3.05) is 0 Å². The molecule has 0 fully saturated rings. The first-order chi connectivity index (χ1) is 26.2. The number of hydrogen-bond acceptors (Lipinski definition) is 0. The van der Waals surface area contributed by atoms with Crippen molar-refractivity contribution in [1.82, 2.24) is 0 Å². The zero-order chi connectivity index (χ0) is 36.3. The Kier molecular flexibility index (Phi) is 9.62. The van der Waals surface area contributed by atoms with Crippen LogP contribution in [0.25, 0.3) is 65.7 Å². The highest BCUT2D eigenvalue weighted by Crippen LogP contribution is 2.51. The molecule has 1 unspecified atom stereocenters. The molecule has 53 heavy (non-hydrogen) atoms. The molecule has 0 aliphatic heterocycles. The van der Waals surface area contributed by atoms with Crippen LogP contribution in [-0.2, 0) is 6.42 Å². The Balaban J connectivity index is 0.00000197. The fourth-order valence-corrected chi connectivity index (χ4v) is 8.54. The molecule has 258 valence electrons. The molecular formula is C53H46. The van der Waals surface area contributed by atoms with Gasteiger partial charge in [0.05, 0.1) is 0 Å². The van der Waals surface area contributed by atoms with Crippen LogP contribution in [0.1, 0.15) is 67.3 Å². The van der Waals surface area contributed by atoms with Crippen molar-refractivity contribution in [2.24, 2.45) is 0 Å². The van der Waals surface area contributed by atoms with Crippen LogP contribution in [0.2, 0.25) is 0 Å². The van der Waals surface area contributed by atoms with Gasteiger partial charge in [-0.15, -0.1) is 0 Å². The molecule has 7 aromatic carbocycles. The predicted molar refractivity (Wildman–Crippen MR) is 233 cm³/mol. The van der Waals surface area contributed by atoms with Crippen LogP contribution in [0.15, 0.2) is 177 Å². The van der Waals surface area contributed by atoms with Gasteiger partial charge < -0.3 is 0 Å². The maximum absolute atomic E-state index is 4.19. The summed E-state index contributed by atoms with van der Waals surface area (Å²) in [5.41, 5.74) is 14.8. The zero-order valence-corrected chi connectivity index (χ0v) is 31.1. The smallest absolute Gasteiger partial charge is 0.0136 e. The van der Waals surface area contributed by atoms with Crippen molar-refractivity contribution in [2.45, 2.75) is 46.0 Å². The normalized spacial score (nSPS) is 15.0. The SMILES string of the molecule is C=C/C(=C\C=C/C)c1cccc(CC2c3ccc(-c4c5ccccc5c(-c5cccc6ccccc56)c5ccccc45)cc32)c1C1=CC=CCC1.CC. The van der Waals surface area contributed by atoms with E-state index in [1.54, 1.807) is 0 Å². The van der Waals surface area contributed by atoms with Crippen molar-refractivity contribution in [3.05, 3.63) is 204 Å². The molecular weight excluding hydrogens is 637 g/mol. The van der Waals surface area contributed by atoms with Gasteiger partial charge in [-0.3, -0.25) is 0 Å². The standard InChI is InChI=1S/C51H40.C2H6/c1-3-5-17-34(4-2)40-28-16-22-37(49(40)36-19-7-6-8-20-36)32-47-41-31-30-38(33-48(41)47)50-43-24-11-13-26-45(43)51(46-27-14-12-25-44(46)50)42-29-15-21-35-18-9-10-23-39(35)42;1-2/h3-7,9-19,21-31,33,47H,2,8,20,32H2,1H3;1-2H3/b5-3-,34-17+;. The second kappa shape index (κ2) is 14.9. The van der Waals surface area contributed by atoms with Crippen LogP contribution < -0.4 is 0 Å². The highest BCUT2D eigenvalue weighted by atomic mass is 14.4. The van der Waals surface area contributed by atoms with Gasteiger partial charge in [0.1, 0.15) is 0 Å². The molecule has 9 rings (SSSR count). The molecule has 0 N–H and O–H groups in total. The minimum Gasteiger partial charge on any atom is -0.0984 e. The molecule has 7 aromatic rings. The molecule has 0 saturated carbocycles. The largest absolute Gasteiger partial charge is 0.0984 e. The molecule has 0 bridgehead atoms. The Bertz CT molecular complexity index is 2570. The third kappa shape index (κ3) is 6.19. The molecule has 0 saturated heterocycles. The molecule has 1 atom stereocenters. The predicted octanol–water partition coefficient (Wildman–Crippen LogP) is 15.1. The van der Waals surface area contributed by atoms with E-state index in [1.165, 1.54) is 93.5 Å². The molecule has 0 radical (unpaired) electrons. The second-order valence-corrected chi connectivity index (χ2v) is 13.8. The van der Waals surface area contributed by atoms with Crippen molar-refractivity contribution < 1.29 is 0 Å². The van der Waals surface area contributed by atoms with E-state index >= 15 is 0 Å². The van der Waals surface area contributed by atoms with Gasteiger partial charge in [-0.1, -0.05) is 190 Å². The summed E-state index contributed by atoms with van der Waals surface area (Å²) in [5, 5.41) is 7.75. The molecule has 0 aromatic heterocycles. The minimum absolute atomic E-state index is 0.423. The summed E-state index contributed by atoms with van der Waals surface area (Å²) in [7, 11) is 0. The summed E-state index contributed by atoms with van der Waals surface area (Å²) >= 11 is 0. The van der Waals surface area contributed by atoms with Crippen LogP contribution in [0.4, 0.5) is 0 Å². The van der Waals surface area contributed by atoms with E-state index in [4.69, 9.17) is 0 Å². The first-order valence-electron chi connectivity index (χ1n) is 19.2. The molecule has 0 amide bonds. The van der Waals surface area contributed by atoms with E-state index in [9.17, 15) is 0 Å². The van der Waals surface area contributed by atoms with Gasteiger partial charge in [0.25, 0.3) is 0 Å². The maximum Gasteiger partial charge on any atom is 0.0136 e. The average Bonchev–Trinajstić information content (AvgIpc) is 3.92. The Morgan fingerprint density at radius 3 is 2.02 bits per heavy atom. The lowest BCUT2D eigenvalue weighted by molar-refractivity contribution is 0.937. The number of hydrogen-bond donors (Lipinski definition) is 0. The topological polar surface area (TPSA) is 0 Å². The molecule has 0 heterocycles. The van der Waals surface area contributed by atoms with E-state index < -0.39 is 0 Å². The van der Waals surface area contributed by atoms with Crippen LogP contribution in [0, 0.1) is 0 Å². The van der Waals surface area contributed by atoms with Crippen LogP contribution in [0.5, 0.6) is 0 Å². The van der Waals surface area contributed by atoms with Gasteiger partial charge in [-0.25, -0.2) is 0 Å². The summed E-state index contributed by atoms with van der Waals surface area (Å²) in [6.45, 7) is 10.3. The van der Waals surface area contributed by atoms with Crippen molar-refractivity contribution >= 4 is 43.5 Å². The summed E-state index contributed by atoms with van der Waals surface area (Å²) < 4.78 is 0. The van der Waals surface area contributed by atoms with Gasteiger partial charge in [0.15, 0.2) is 0 Å². The highest BCUT2D eigenvalue weighted by molar-refractivity contribution is 6.23. The summed E-state index contributed by atoms with van der Waals surface area (Å²) in [6.07, 6.45) is 18.3. The van der Waals surface area contributed by atoms with Crippen LogP contribution >= 0.6 is 0 Å². The summed E-state index contributed by atoms with van der Waals surface area (Å²) in [6, 6.07) is 47.6. The Labute approximate surface area is 314 Å². The lowest BCUT2D eigenvalue weighted by Crippen LogP contribution is -2.02. The number of allylic oxidation sites excluding steroid dienone is 9. The fourth-order valence-electron chi connectivity index (χ4n) is 8.54. The van der Waals surface area contributed by atoms with Crippen molar-refractivity contribution in [3.8, 4) is 22.3 Å². The number of benzene rings is 7. The third-order valence-corrected chi connectivity index (χ3v) is 10.9. The minimum atomic E-state index is 0.423. The first-order valence-corrected chi connectivity index (χ1v) is 19.2. The van der Waals surface area contributed by atoms with Gasteiger partial charge in [0, 0.05) is 5.92 Å². The molecule has 2 aliphatic rings. The van der Waals surface area contributed by atoms with Crippen molar-refractivity contribution in [1.29, 1.82) is 0 Å². The lowest BCUT2D eigenvalue weighted by atomic mass is 9.84.